The number of nitrogens with one attached hydrogen (secondary N) is 2. The third-order valence-electron chi connectivity index (χ3n) is 6.06. The molecule has 4 atom stereocenters. The van der Waals surface area contributed by atoms with E-state index in [0.29, 0.717) is 32.5 Å². The molecule has 2 fully saturated rings. The highest BCUT2D eigenvalue weighted by molar-refractivity contribution is 5.93. The molecule has 1 saturated heterocycles. The highest BCUT2D eigenvalue weighted by atomic mass is 16.6. The molecule has 1 aliphatic carbocycles. The van der Waals surface area contributed by atoms with Gasteiger partial charge in [-0.3, -0.25) is 9.69 Å². The number of carbonyl (C=O) groups is 3. The van der Waals surface area contributed by atoms with Crippen molar-refractivity contribution < 1.29 is 23.9 Å². The van der Waals surface area contributed by atoms with Crippen LogP contribution in [0.4, 0.5) is 4.79 Å². The lowest BCUT2D eigenvalue weighted by molar-refractivity contribution is -0.149. The van der Waals surface area contributed by atoms with Gasteiger partial charge in [-0.25, -0.2) is 9.59 Å². The Labute approximate surface area is 189 Å². The number of nitrogens with zero attached hydrogens (tertiary/aromatic N) is 1. The van der Waals surface area contributed by atoms with Crippen LogP contribution in [0.2, 0.25) is 0 Å². The van der Waals surface area contributed by atoms with Gasteiger partial charge in [0.2, 0.25) is 5.91 Å². The van der Waals surface area contributed by atoms with Gasteiger partial charge >= 0.3 is 12.1 Å². The minimum absolute atomic E-state index is 0.132. The van der Waals surface area contributed by atoms with Crippen LogP contribution in [0.15, 0.2) is 36.9 Å². The van der Waals surface area contributed by atoms with Crippen LogP contribution in [0.1, 0.15) is 44.7 Å². The van der Waals surface area contributed by atoms with E-state index in [2.05, 4.69) is 17.2 Å². The molecule has 4 rings (SSSR count). The molecule has 0 unspecified atom stereocenters. The Morgan fingerprint density at radius 1 is 1.25 bits per heavy atom. The van der Waals surface area contributed by atoms with Gasteiger partial charge in [0.25, 0.3) is 0 Å². The summed E-state index contributed by atoms with van der Waals surface area (Å²) in [6.45, 7) is 11.2. The van der Waals surface area contributed by atoms with Crippen LogP contribution in [0, 0.1) is 5.92 Å². The molecule has 8 heteroatoms. The number of ether oxygens (including phenoxy) is 2. The maximum absolute atomic E-state index is 12.7. The Bertz CT molecular complexity index is 848. The molecule has 3 aliphatic rings. The average molecular weight is 444 g/mol. The molecule has 0 spiro atoms. The molecule has 0 radical (unpaired) electrons. The molecule has 174 valence electrons. The molecule has 32 heavy (non-hydrogen) atoms. The van der Waals surface area contributed by atoms with Gasteiger partial charge in [-0.15, -0.1) is 6.58 Å². The third-order valence-corrected chi connectivity index (χ3v) is 6.06. The zero-order valence-electron chi connectivity index (χ0n) is 19.1. The van der Waals surface area contributed by atoms with Gasteiger partial charge in [-0.1, -0.05) is 44.2 Å². The van der Waals surface area contributed by atoms with Crippen molar-refractivity contribution in [2.45, 2.75) is 64.4 Å². The lowest BCUT2D eigenvalue weighted by Gasteiger charge is -2.20. The van der Waals surface area contributed by atoms with Gasteiger partial charge in [-0.2, -0.15) is 0 Å². The zero-order chi connectivity index (χ0) is 23.3. The third kappa shape index (κ3) is 4.80. The fraction of sp³-hybridized carbons (Fsp3) is 0.542. The first-order valence-electron chi connectivity index (χ1n) is 11.3. The number of amides is 2. The maximum atomic E-state index is 12.7. The predicted octanol–water partition coefficient (Wildman–Crippen LogP) is 2.52. The average Bonchev–Trinajstić information content (AvgIpc) is 3.13. The van der Waals surface area contributed by atoms with Crippen LogP contribution in [-0.2, 0) is 32.2 Å². The minimum atomic E-state index is -1.02. The predicted molar refractivity (Wildman–Crippen MR) is 120 cm³/mol. The van der Waals surface area contributed by atoms with Gasteiger partial charge in [0.15, 0.2) is 0 Å². The molecule has 1 aromatic carbocycles. The summed E-state index contributed by atoms with van der Waals surface area (Å²) >= 11 is 0. The van der Waals surface area contributed by atoms with E-state index in [9.17, 15) is 14.4 Å². The molecular weight excluding hydrogens is 410 g/mol. The van der Waals surface area contributed by atoms with Gasteiger partial charge in [-0.05, 0) is 24.5 Å². The summed E-state index contributed by atoms with van der Waals surface area (Å²) in [4.78, 5) is 39.2. The van der Waals surface area contributed by atoms with Crippen molar-refractivity contribution in [3.8, 4) is 0 Å². The standard InChI is InChI=1S/C22H27N3O5.C2H6/c1-3-16-10-22(16,20(27)29-4-2)24-19(26)18-9-17(11-23-18)30-21(28)25-12-14-7-5-6-8-15(14)13-25;1-2/h3,5-8,16-18,23H,1,4,9-13H2,2H3,(H,24,26);1-2H3/t16-,17-,18+,22-;/m1./s1. The van der Waals surface area contributed by atoms with Crippen molar-refractivity contribution in [3.05, 3.63) is 48.0 Å². The van der Waals surface area contributed by atoms with E-state index in [4.69, 9.17) is 9.47 Å². The summed E-state index contributed by atoms with van der Waals surface area (Å²) in [5.74, 6) is -0.857. The number of carbonyl (C=O) groups excluding carboxylic acids is 3. The van der Waals surface area contributed by atoms with Gasteiger partial charge in [0, 0.05) is 32.0 Å². The zero-order valence-corrected chi connectivity index (χ0v) is 19.1. The van der Waals surface area contributed by atoms with Crippen molar-refractivity contribution in [1.29, 1.82) is 0 Å². The van der Waals surface area contributed by atoms with Crippen LogP contribution in [0.25, 0.3) is 0 Å². The van der Waals surface area contributed by atoms with Crippen molar-refractivity contribution in [3.63, 3.8) is 0 Å². The smallest absolute Gasteiger partial charge is 0.410 e. The van der Waals surface area contributed by atoms with E-state index in [-0.39, 0.29) is 24.5 Å². The number of benzene rings is 1. The number of rotatable bonds is 6. The Morgan fingerprint density at radius 2 is 1.91 bits per heavy atom. The molecule has 8 nitrogen and oxygen atoms in total. The van der Waals surface area contributed by atoms with E-state index in [0.717, 1.165) is 11.1 Å². The molecule has 1 aromatic rings. The van der Waals surface area contributed by atoms with Crippen LogP contribution < -0.4 is 10.6 Å². The van der Waals surface area contributed by atoms with Crippen LogP contribution in [0.3, 0.4) is 0 Å². The van der Waals surface area contributed by atoms with E-state index >= 15 is 0 Å². The number of esters is 1. The Morgan fingerprint density at radius 3 is 2.47 bits per heavy atom. The first-order chi connectivity index (χ1) is 15.5. The summed E-state index contributed by atoms with van der Waals surface area (Å²) in [6.07, 6.45) is 1.73. The number of fused-ring (bicyclic) bond motifs is 1. The quantitative estimate of drug-likeness (QED) is 0.518. The first-order valence-corrected chi connectivity index (χ1v) is 11.3. The Balaban J connectivity index is 0.00000141. The highest BCUT2D eigenvalue weighted by Crippen LogP contribution is 2.45. The Hall–Kier alpha value is -2.87. The normalized spacial score (nSPS) is 27.5. The molecule has 2 aliphatic heterocycles. The molecular formula is C24H33N3O5. The summed E-state index contributed by atoms with van der Waals surface area (Å²) in [5.41, 5.74) is 1.23. The Kier molecular flexibility index (Phi) is 7.56. The van der Waals surface area contributed by atoms with E-state index in [1.165, 1.54) is 0 Å². The van der Waals surface area contributed by atoms with Gasteiger partial charge in [0.1, 0.15) is 11.6 Å². The maximum Gasteiger partial charge on any atom is 0.410 e. The highest BCUT2D eigenvalue weighted by Gasteiger charge is 2.61. The van der Waals surface area contributed by atoms with E-state index in [1.807, 2.05) is 38.1 Å². The lowest BCUT2D eigenvalue weighted by atomic mass is 10.1. The largest absolute Gasteiger partial charge is 0.464 e. The molecule has 2 heterocycles. The molecule has 2 N–H and O–H groups in total. The van der Waals surface area contributed by atoms with Crippen molar-refractivity contribution in [2.24, 2.45) is 5.92 Å². The fourth-order valence-corrected chi connectivity index (χ4v) is 4.24. The van der Waals surface area contributed by atoms with Crippen LogP contribution in [0.5, 0.6) is 0 Å². The number of hydrogen-bond donors (Lipinski definition) is 2. The molecule has 1 saturated carbocycles. The molecule has 0 aromatic heterocycles. The second-order valence-corrected chi connectivity index (χ2v) is 8.05. The summed E-state index contributed by atoms with van der Waals surface area (Å²) < 4.78 is 10.7. The topological polar surface area (TPSA) is 97.0 Å². The minimum Gasteiger partial charge on any atom is -0.464 e. The van der Waals surface area contributed by atoms with Crippen molar-refractivity contribution in [2.75, 3.05) is 13.2 Å². The second kappa shape index (κ2) is 10.2. The SMILES string of the molecule is C=C[C@@H]1C[C@]1(NC(=O)[C@@H]1C[C@@H](OC(=O)N2Cc3ccccc3C2)CN1)C(=O)OCC.CC. The summed E-state index contributed by atoms with van der Waals surface area (Å²) in [5, 5.41) is 5.93. The van der Waals surface area contributed by atoms with E-state index < -0.39 is 23.7 Å². The first kappa shape index (κ1) is 23.8. The summed E-state index contributed by atoms with van der Waals surface area (Å²) in [6, 6.07) is 7.40. The van der Waals surface area contributed by atoms with Crippen LogP contribution >= 0.6 is 0 Å². The van der Waals surface area contributed by atoms with Crippen molar-refractivity contribution in [1.82, 2.24) is 15.5 Å². The monoisotopic (exact) mass is 443 g/mol. The lowest BCUT2D eigenvalue weighted by Crippen LogP contribution is -2.51. The van der Waals surface area contributed by atoms with Crippen molar-refractivity contribution >= 4 is 18.0 Å². The van der Waals surface area contributed by atoms with Gasteiger partial charge in [0.05, 0.1) is 12.6 Å². The van der Waals surface area contributed by atoms with E-state index in [1.54, 1.807) is 17.9 Å². The number of hydrogen-bond acceptors (Lipinski definition) is 6. The molecule has 0 bridgehead atoms. The fourth-order valence-electron chi connectivity index (χ4n) is 4.24. The van der Waals surface area contributed by atoms with Crippen LogP contribution in [-0.4, -0.2) is 53.7 Å². The second-order valence-electron chi connectivity index (χ2n) is 8.05. The van der Waals surface area contributed by atoms with Gasteiger partial charge < -0.3 is 20.1 Å². The summed E-state index contributed by atoms with van der Waals surface area (Å²) in [7, 11) is 0. The molecule has 2 amide bonds.